The quantitative estimate of drug-likeness (QED) is 0.438. The highest BCUT2D eigenvalue weighted by atomic mass is 35.5. The van der Waals surface area contributed by atoms with Crippen molar-refractivity contribution in [2.75, 3.05) is 39.8 Å². The number of rotatable bonds is 6. The molecular formula is C19H26ClF3N4O. The molecule has 1 N–H and O–H groups in total. The number of benzene rings is 1. The Kier molecular flexibility index (Phi) is 8.41. The lowest BCUT2D eigenvalue weighted by Crippen LogP contribution is -2.54. The number of carbonyl (C=O) groups excluding carboxylic acids is 1. The van der Waals surface area contributed by atoms with Crippen LogP contribution in [0.5, 0.6) is 0 Å². The highest BCUT2D eigenvalue weighted by Gasteiger charge is 2.26. The van der Waals surface area contributed by atoms with Gasteiger partial charge in [-0.1, -0.05) is 23.7 Å². The molecule has 0 unspecified atom stereocenters. The zero-order valence-corrected chi connectivity index (χ0v) is 16.7. The minimum absolute atomic E-state index is 0.0528. The van der Waals surface area contributed by atoms with E-state index >= 15 is 0 Å². The molecule has 1 aromatic carbocycles. The van der Waals surface area contributed by atoms with Crippen LogP contribution in [-0.2, 0) is 11.2 Å². The molecule has 0 radical (unpaired) electrons. The van der Waals surface area contributed by atoms with Crippen LogP contribution in [0.25, 0.3) is 0 Å². The Balaban J connectivity index is 1.73. The van der Waals surface area contributed by atoms with Gasteiger partial charge in [0.2, 0.25) is 5.91 Å². The maximum atomic E-state index is 12.5. The van der Waals surface area contributed by atoms with E-state index in [2.05, 4.69) is 10.3 Å². The molecule has 0 aliphatic carbocycles. The Labute approximate surface area is 168 Å². The van der Waals surface area contributed by atoms with E-state index in [-0.39, 0.29) is 12.3 Å². The molecule has 1 amide bonds. The van der Waals surface area contributed by atoms with Crippen LogP contribution < -0.4 is 5.32 Å². The number of nitrogens with one attached hydrogen (secondary N) is 1. The van der Waals surface area contributed by atoms with Gasteiger partial charge in [-0.25, -0.2) is 0 Å². The topological polar surface area (TPSA) is 47.9 Å². The number of nitrogens with zero attached hydrogens (tertiary/aromatic N) is 3. The molecule has 28 heavy (non-hydrogen) atoms. The predicted octanol–water partition coefficient (Wildman–Crippen LogP) is 3.33. The van der Waals surface area contributed by atoms with Crippen molar-refractivity contribution in [3.05, 3.63) is 34.9 Å². The number of hydrogen-bond donors (Lipinski definition) is 1. The lowest BCUT2D eigenvalue weighted by molar-refractivity contribution is -0.135. The summed E-state index contributed by atoms with van der Waals surface area (Å²) in [5.41, 5.74) is 0.885. The molecule has 1 saturated heterocycles. The van der Waals surface area contributed by atoms with Gasteiger partial charge < -0.3 is 15.1 Å². The van der Waals surface area contributed by atoms with Crippen LogP contribution in [0.1, 0.15) is 24.8 Å². The second kappa shape index (κ2) is 10.5. The summed E-state index contributed by atoms with van der Waals surface area (Å²) in [7, 11) is 1.65. The number of hydrogen-bond acceptors (Lipinski definition) is 2. The summed E-state index contributed by atoms with van der Waals surface area (Å²) < 4.78 is 36.5. The average Bonchev–Trinajstić information content (AvgIpc) is 2.64. The molecule has 9 heteroatoms. The molecule has 0 atom stereocenters. The third-order valence-electron chi connectivity index (χ3n) is 4.56. The first kappa shape index (κ1) is 22.3. The third-order valence-corrected chi connectivity index (χ3v) is 4.79. The minimum atomic E-state index is -4.10. The Hall–Kier alpha value is -1.96. The van der Waals surface area contributed by atoms with Gasteiger partial charge in [0.05, 0.1) is 6.42 Å². The number of carbonyl (C=O) groups is 1. The van der Waals surface area contributed by atoms with E-state index in [0.717, 1.165) is 5.56 Å². The molecule has 2 rings (SSSR count). The fraction of sp³-hybridized carbons (Fsp3) is 0.579. The fourth-order valence-electron chi connectivity index (χ4n) is 3.08. The Morgan fingerprint density at radius 3 is 2.46 bits per heavy atom. The Morgan fingerprint density at radius 1 is 1.18 bits per heavy atom. The SMILES string of the molecule is CN=C(NCCCCC(F)(F)F)N1CCN(C(=O)Cc2cccc(Cl)c2)CC1. The number of amides is 1. The van der Waals surface area contributed by atoms with E-state index in [1.807, 2.05) is 21.9 Å². The van der Waals surface area contributed by atoms with Crippen LogP contribution in [0, 0.1) is 0 Å². The van der Waals surface area contributed by atoms with E-state index in [1.54, 1.807) is 19.2 Å². The second-order valence-electron chi connectivity index (χ2n) is 6.72. The first-order chi connectivity index (χ1) is 13.3. The van der Waals surface area contributed by atoms with Crippen LogP contribution in [0.2, 0.25) is 5.02 Å². The molecule has 1 heterocycles. The van der Waals surface area contributed by atoms with Gasteiger partial charge in [-0.15, -0.1) is 0 Å². The number of piperazine rings is 1. The van der Waals surface area contributed by atoms with Gasteiger partial charge in [-0.2, -0.15) is 13.2 Å². The standard InChI is InChI=1S/C19H26ClF3N4O/c1-24-18(25-8-3-2-7-19(21,22)23)27-11-9-26(10-12-27)17(28)14-15-5-4-6-16(20)13-15/h4-6,13H,2-3,7-12,14H2,1H3,(H,24,25). The molecule has 0 saturated carbocycles. The monoisotopic (exact) mass is 418 g/mol. The Bertz CT molecular complexity index is 673. The van der Waals surface area contributed by atoms with Gasteiger partial charge in [0.15, 0.2) is 5.96 Å². The van der Waals surface area contributed by atoms with Crippen molar-refractivity contribution in [3.8, 4) is 0 Å². The fourth-order valence-corrected chi connectivity index (χ4v) is 3.30. The predicted molar refractivity (Wildman–Crippen MR) is 105 cm³/mol. The van der Waals surface area contributed by atoms with E-state index in [4.69, 9.17) is 11.6 Å². The first-order valence-corrected chi connectivity index (χ1v) is 9.71. The average molecular weight is 419 g/mol. The molecule has 5 nitrogen and oxygen atoms in total. The molecule has 0 bridgehead atoms. The van der Waals surface area contributed by atoms with Gasteiger partial charge in [-0.05, 0) is 30.5 Å². The third kappa shape index (κ3) is 7.58. The molecule has 1 fully saturated rings. The largest absolute Gasteiger partial charge is 0.389 e. The van der Waals surface area contributed by atoms with E-state index in [9.17, 15) is 18.0 Å². The highest BCUT2D eigenvalue weighted by Crippen LogP contribution is 2.21. The van der Waals surface area contributed by atoms with Gasteiger partial charge in [0.25, 0.3) is 0 Å². The summed E-state index contributed by atoms with van der Waals surface area (Å²) in [6, 6.07) is 7.27. The van der Waals surface area contributed by atoms with Crippen molar-refractivity contribution < 1.29 is 18.0 Å². The molecule has 1 aromatic rings. The Morgan fingerprint density at radius 2 is 1.86 bits per heavy atom. The number of alkyl halides is 3. The summed E-state index contributed by atoms with van der Waals surface area (Å²) in [5.74, 6) is 0.714. The molecule has 1 aliphatic heterocycles. The van der Waals surface area contributed by atoms with E-state index < -0.39 is 12.6 Å². The number of unbranched alkanes of at least 4 members (excludes halogenated alkanes) is 1. The van der Waals surface area contributed by atoms with Crippen LogP contribution >= 0.6 is 11.6 Å². The maximum absolute atomic E-state index is 12.5. The summed E-state index contributed by atoms with van der Waals surface area (Å²) in [6.07, 6.45) is -4.03. The van der Waals surface area contributed by atoms with Crippen LogP contribution in [0.4, 0.5) is 13.2 Å². The number of halogens is 4. The van der Waals surface area contributed by atoms with Crippen LogP contribution in [0.3, 0.4) is 0 Å². The van der Waals surface area contributed by atoms with E-state index in [1.165, 1.54) is 0 Å². The van der Waals surface area contributed by atoms with Crippen molar-refractivity contribution in [2.24, 2.45) is 4.99 Å². The van der Waals surface area contributed by atoms with Crippen LogP contribution in [0.15, 0.2) is 29.3 Å². The first-order valence-electron chi connectivity index (χ1n) is 9.33. The normalized spacial score (nSPS) is 15.7. The molecule has 156 valence electrons. The van der Waals surface area contributed by atoms with Crippen molar-refractivity contribution in [2.45, 2.75) is 31.9 Å². The summed E-state index contributed by atoms with van der Waals surface area (Å²) in [4.78, 5) is 20.5. The number of aliphatic imine (C=N–C) groups is 1. The highest BCUT2D eigenvalue weighted by molar-refractivity contribution is 6.30. The molecule has 1 aliphatic rings. The van der Waals surface area contributed by atoms with Crippen molar-refractivity contribution in [1.29, 1.82) is 0 Å². The maximum Gasteiger partial charge on any atom is 0.389 e. The summed E-state index contributed by atoms with van der Waals surface area (Å²) in [5, 5.41) is 3.72. The van der Waals surface area contributed by atoms with Gasteiger partial charge in [-0.3, -0.25) is 9.79 Å². The van der Waals surface area contributed by atoms with Crippen LogP contribution in [-0.4, -0.2) is 67.6 Å². The summed E-state index contributed by atoms with van der Waals surface area (Å²) in [6.45, 7) is 2.85. The van der Waals surface area contributed by atoms with Gasteiger partial charge in [0, 0.05) is 51.2 Å². The zero-order valence-electron chi connectivity index (χ0n) is 15.9. The minimum Gasteiger partial charge on any atom is -0.356 e. The lowest BCUT2D eigenvalue weighted by Gasteiger charge is -2.36. The van der Waals surface area contributed by atoms with Gasteiger partial charge >= 0.3 is 6.18 Å². The number of guanidine groups is 1. The van der Waals surface area contributed by atoms with Crippen molar-refractivity contribution in [3.63, 3.8) is 0 Å². The van der Waals surface area contributed by atoms with Crippen molar-refractivity contribution >= 4 is 23.5 Å². The smallest absolute Gasteiger partial charge is 0.356 e. The molecular weight excluding hydrogens is 393 g/mol. The molecule has 0 aromatic heterocycles. The molecule has 0 spiro atoms. The van der Waals surface area contributed by atoms with E-state index in [0.29, 0.717) is 56.5 Å². The van der Waals surface area contributed by atoms with Crippen molar-refractivity contribution in [1.82, 2.24) is 15.1 Å². The lowest BCUT2D eigenvalue weighted by atomic mass is 10.1. The summed E-state index contributed by atoms with van der Waals surface area (Å²) >= 11 is 5.96. The second-order valence-corrected chi connectivity index (χ2v) is 7.16. The zero-order chi connectivity index (χ0) is 20.6. The van der Waals surface area contributed by atoms with Gasteiger partial charge in [0.1, 0.15) is 0 Å².